The largest absolute Gasteiger partial charge is 0.466 e. The molecular weight excluding hydrogens is 304 g/mol. The topological polar surface area (TPSA) is 62.1 Å². The number of rotatable bonds is 4. The van der Waals surface area contributed by atoms with E-state index < -0.39 is 5.97 Å². The number of esters is 1. The molecule has 0 amide bonds. The van der Waals surface area contributed by atoms with Gasteiger partial charge in [0, 0.05) is 10.6 Å². The number of carbonyl (C=O) groups is 1. The molecule has 21 heavy (non-hydrogen) atoms. The molecule has 1 atom stereocenters. The lowest BCUT2D eigenvalue weighted by Gasteiger charge is -2.28. The van der Waals surface area contributed by atoms with Gasteiger partial charge in [0.1, 0.15) is 0 Å². The van der Waals surface area contributed by atoms with Crippen LogP contribution in [0.4, 0.5) is 0 Å². The molecule has 2 rings (SSSR count). The molecule has 4 nitrogen and oxygen atoms in total. The van der Waals surface area contributed by atoms with Crippen LogP contribution in [0.25, 0.3) is 0 Å². The van der Waals surface area contributed by atoms with Crippen LogP contribution in [0.15, 0.2) is 39.4 Å². The molecule has 1 aliphatic rings. The lowest BCUT2D eigenvalue weighted by molar-refractivity contribution is -0.136. The number of methoxy groups -OCH3 is 1. The molecule has 0 unspecified atom stereocenters. The second-order valence-corrected chi connectivity index (χ2v) is 6.64. The summed E-state index contributed by atoms with van der Waals surface area (Å²) < 4.78 is 4.91. The first-order valence-corrected chi connectivity index (χ1v) is 8.37. The first-order valence-electron chi connectivity index (χ1n) is 6.50. The Labute approximate surface area is 132 Å². The first-order chi connectivity index (χ1) is 10.1. The number of thiophene rings is 1. The Bertz CT molecular complexity index is 639. The van der Waals surface area contributed by atoms with Gasteiger partial charge in [-0.05, 0) is 24.1 Å². The number of ether oxygens (including phenoxy) is 1. The second-order valence-electron chi connectivity index (χ2n) is 4.39. The predicted octanol–water partition coefficient (Wildman–Crippen LogP) is 3.37. The fraction of sp³-hybridized carbons (Fsp3) is 0.333. The zero-order chi connectivity index (χ0) is 15.4. The van der Waals surface area contributed by atoms with Gasteiger partial charge in [-0.2, -0.15) is 5.26 Å². The van der Waals surface area contributed by atoms with Crippen LogP contribution in [0.1, 0.15) is 24.6 Å². The summed E-state index contributed by atoms with van der Waals surface area (Å²) >= 11 is 3.11. The maximum absolute atomic E-state index is 12.2. The molecule has 0 aliphatic carbocycles. The van der Waals surface area contributed by atoms with Crippen molar-refractivity contribution in [3.63, 3.8) is 0 Å². The van der Waals surface area contributed by atoms with Crippen LogP contribution in [0.3, 0.4) is 0 Å². The number of nitriles is 1. The van der Waals surface area contributed by atoms with E-state index in [9.17, 15) is 10.1 Å². The van der Waals surface area contributed by atoms with Crippen LogP contribution in [-0.2, 0) is 9.53 Å². The van der Waals surface area contributed by atoms with Crippen molar-refractivity contribution in [3.05, 3.63) is 44.3 Å². The average molecular weight is 320 g/mol. The van der Waals surface area contributed by atoms with Crippen molar-refractivity contribution in [2.75, 3.05) is 12.9 Å². The third-order valence-corrected chi connectivity index (χ3v) is 5.01. The van der Waals surface area contributed by atoms with Crippen molar-refractivity contribution >= 4 is 29.1 Å². The first kappa shape index (κ1) is 15.7. The molecule has 6 heteroatoms. The van der Waals surface area contributed by atoms with Gasteiger partial charge in [-0.1, -0.05) is 13.0 Å². The van der Waals surface area contributed by atoms with Crippen LogP contribution in [-0.4, -0.2) is 18.8 Å². The van der Waals surface area contributed by atoms with Gasteiger partial charge in [0.15, 0.2) is 0 Å². The summed E-state index contributed by atoms with van der Waals surface area (Å²) in [5.41, 5.74) is 1.84. The number of dihydropyridines is 1. The zero-order valence-corrected chi connectivity index (χ0v) is 13.7. The van der Waals surface area contributed by atoms with E-state index in [2.05, 4.69) is 11.4 Å². The Hall–Kier alpha value is -1.71. The summed E-state index contributed by atoms with van der Waals surface area (Å²) in [5.74, 6) is 0.107. The molecular formula is C15H16N2O2S2. The molecule has 1 aromatic heterocycles. The summed E-state index contributed by atoms with van der Waals surface area (Å²) in [5, 5.41) is 15.5. The standard InChI is InChI=1S/C15H16N2O2S2/c1-4-20-14-10(8-16)13(11-6-5-7-21-11)12(9(2)17-14)15(18)19-3/h5-7,13,17H,4H2,1-3H3/t13-/m0/s1. The minimum atomic E-state index is -0.397. The number of nitrogens with zero attached hydrogens (tertiary/aromatic N) is 1. The SMILES string of the molecule is CCSC1=C(C#N)[C@@H](c2cccs2)C(C(=O)OC)=C(C)N1. The average Bonchev–Trinajstić information content (AvgIpc) is 3.00. The highest BCUT2D eigenvalue weighted by Crippen LogP contribution is 2.42. The van der Waals surface area contributed by atoms with E-state index in [1.807, 2.05) is 31.4 Å². The molecule has 110 valence electrons. The lowest BCUT2D eigenvalue weighted by Crippen LogP contribution is -2.28. The Kier molecular flexibility index (Phi) is 5.10. The second kappa shape index (κ2) is 6.83. The van der Waals surface area contributed by atoms with Crippen molar-refractivity contribution in [1.82, 2.24) is 5.32 Å². The number of nitrogens with one attached hydrogen (secondary N) is 1. The minimum absolute atomic E-state index is 0.349. The molecule has 1 N–H and O–H groups in total. The Balaban J connectivity index is 2.59. The maximum Gasteiger partial charge on any atom is 0.336 e. The highest BCUT2D eigenvalue weighted by atomic mass is 32.2. The van der Waals surface area contributed by atoms with Crippen LogP contribution in [0.5, 0.6) is 0 Å². The van der Waals surface area contributed by atoms with Gasteiger partial charge in [-0.25, -0.2) is 4.79 Å². The number of hydrogen-bond acceptors (Lipinski definition) is 6. The fourth-order valence-electron chi connectivity index (χ4n) is 2.29. The monoisotopic (exact) mass is 320 g/mol. The third kappa shape index (κ3) is 2.99. The van der Waals surface area contributed by atoms with Gasteiger partial charge in [0.25, 0.3) is 0 Å². The minimum Gasteiger partial charge on any atom is -0.466 e. The number of carbonyl (C=O) groups excluding carboxylic acids is 1. The molecule has 1 aromatic rings. The zero-order valence-electron chi connectivity index (χ0n) is 12.1. The molecule has 0 aromatic carbocycles. The normalized spacial score (nSPS) is 18.3. The Morgan fingerprint density at radius 1 is 1.62 bits per heavy atom. The highest BCUT2D eigenvalue weighted by molar-refractivity contribution is 8.03. The van der Waals surface area contributed by atoms with Crippen molar-refractivity contribution < 1.29 is 9.53 Å². The molecule has 2 heterocycles. The third-order valence-electron chi connectivity index (χ3n) is 3.17. The van der Waals surface area contributed by atoms with Gasteiger partial charge < -0.3 is 10.1 Å². The van der Waals surface area contributed by atoms with Gasteiger partial charge in [0.2, 0.25) is 0 Å². The summed E-state index contributed by atoms with van der Waals surface area (Å²) in [6, 6.07) is 6.14. The Morgan fingerprint density at radius 3 is 2.90 bits per heavy atom. The van der Waals surface area contributed by atoms with Gasteiger partial charge in [-0.3, -0.25) is 0 Å². The van der Waals surface area contributed by atoms with Gasteiger partial charge in [-0.15, -0.1) is 23.1 Å². The summed E-state index contributed by atoms with van der Waals surface area (Å²) in [6.07, 6.45) is 0. The number of hydrogen-bond donors (Lipinski definition) is 1. The molecule has 0 fully saturated rings. The van der Waals surface area contributed by atoms with E-state index in [0.717, 1.165) is 21.4 Å². The summed E-state index contributed by atoms with van der Waals surface area (Å²) in [4.78, 5) is 13.1. The van der Waals surface area contributed by atoms with E-state index >= 15 is 0 Å². The van der Waals surface area contributed by atoms with E-state index in [0.29, 0.717) is 11.1 Å². The van der Waals surface area contributed by atoms with Crippen LogP contribution in [0.2, 0.25) is 0 Å². The summed E-state index contributed by atoms with van der Waals surface area (Å²) in [6.45, 7) is 3.88. The summed E-state index contributed by atoms with van der Waals surface area (Å²) in [7, 11) is 1.36. The maximum atomic E-state index is 12.2. The van der Waals surface area contributed by atoms with E-state index in [4.69, 9.17) is 4.74 Å². The van der Waals surface area contributed by atoms with Crippen molar-refractivity contribution in [2.24, 2.45) is 0 Å². The molecule has 0 radical (unpaired) electrons. The number of allylic oxidation sites excluding steroid dienone is 2. The molecule has 0 saturated carbocycles. The van der Waals surface area contributed by atoms with E-state index in [-0.39, 0.29) is 5.92 Å². The Morgan fingerprint density at radius 2 is 2.38 bits per heavy atom. The number of thioether (sulfide) groups is 1. The quantitative estimate of drug-likeness (QED) is 0.862. The molecule has 0 bridgehead atoms. The van der Waals surface area contributed by atoms with Crippen LogP contribution >= 0.6 is 23.1 Å². The smallest absolute Gasteiger partial charge is 0.336 e. The molecule has 1 aliphatic heterocycles. The van der Waals surface area contributed by atoms with E-state index in [1.54, 1.807) is 11.8 Å². The van der Waals surface area contributed by atoms with Gasteiger partial charge in [0.05, 0.1) is 35.3 Å². The molecule has 0 saturated heterocycles. The van der Waals surface area contributed by atoms with Crippen molar-refractivity contribution in [1.29, 1.82) is 5.26 Å². The fourth-order valence-corrected chi connectivity index (χ4v) is 3.97. The van der Waals surface area contributed by atoms with Crippen molar-refractivity contribution in [3.8, 4) is 6.07 Å². The molecule has 0 spiro atoms. The van der Waals surface area contributed by atoms with E-state index in [1.165, 1.54) is 18.4 Å². The lowest BCUT2D eigenvalue weighted by atomic mass is 9.87. The highest BCUT2D eigenvalue weighted by Gasteiger charge is 2.35. The van der Waals surface area contributed by atoms with Gasteiger partial charge >= 0.3 is 5.97 Å². The predicted molar refractivity (Wildman–Crippen MR) is 85.7 cm³/mol. The van der Waals surface area contributed by atoms with Crippen molar-refractivity contribution in [2.45, 2.75) is 19.8 Å². The van der Waals surface area contributed by atoms with Crippen LogP contribution < -0.4 is 5.32 Å². The van der Waals surface area contributed by atoms with Crippen LogP contribution in [0, 0.1) is 11.3 Å².